The lowest BCUT2D eigenvalue weighted by Gasteiger charge is -2.31. The Morgan fingerprint density at radius 3 is 2.22 bits per heavy atom. The second kappa shape index (κ2) is 13.4. The van der Waals surface area contributed by atoms with Crippen LogP contribution in [-0.4, -0.2) is 91.3 Å². The number of hydrogen-bond donors (Lipinski definition) is 3. The topological polar surface area (TPSA) is 190 Å². The van der Waals surface area contributed by atoms with Crippen LogP contribution in [0.15, 0.2) is 36.4 Å². The summed E-state index contributed by atoms with van der Waals surface area (Å²) in [5.41, 5.74) is 1.68. The highest BCUT2D eigenvalue weighted by Gasteiger charge is 2.37. The van der Waals surface area contributed by atoms with Gasteiger partial charge < -0.3 is 29.9 Å². The standard InChI is InChI=1S/C32H35N5O9/c1-4-33-30(42)29-35-34-28(22-15-21(17(2)3)25(40)16-26(22)41)37(29)19-7-5-18(6-8-19)31(43)36-13-11-20(12-14-36)45-32(44)46-27-23(38)9-10-24(27)39/h5-8,15-17,20,27,40-41H,4,9-14H2,1-3H3,(H,33,42). The van der Waals surface area contributed by atoms with Gasteiger partial charge in [-0.1, -0.05) is 13.8 Å². The number of phenols is 2. The van der Waals surface area contributed by atoms with E-state index in [1.165, 1.54) is 10.6 Å². The summed E-state index contributed by atoms with van der Waals surface area (Å²) in [6.45, 7) is 6.50. The summed E-state index contributed by atoms with van der Waals surface area (Å²) >= 11 is 0. The Morgan fingerprint density at radius 1 is 0.957 bits per heavy atom. The Balaban J connectivity index is 1.31. The number of carbonyl (C=O) groups excluding carboxylic acids is 5. The molecule has 1 saturated carbocycles. The molecular formula is C32H35N5O9. The highest BCUT2D eigenvalue weighted by Crippen LogP contribution is 2.38. The number of likely N-dealkylation sites (tertiary alicyclic amines) is 1. The molecule has 2 fully saturated rings. The fraction of sp³-hybridized carbons (Fsp3) is 0.406. The van der Waals surface area contributed by atoms with E-state index in [9.17, 15) is 34.2 Å². The van der Waals surface area contributed by atoms with Crippen molar-refractivity contribution in [3.63, 3.8) is 0 Å². The highest BCUT2D eigenvalue weighted by atomic mass is 16.7. The SMILES string of the molecule is CCNC(=O)c1nnc(-c2cc(C(C)C)c(O)cc2O)n1-c1ccc(C(=O)N2CCC(OC(=O)OC3C(=O)CCC3=O)CC2)cc1. The van der Waals surface area contributed by atoms with Crippen LogP contribution in [0.25, 0.3) is 17.1 Å². The van der Waals surface area contributed by atoms with Crippen LogP contribution in [-0.2, 0) is 19.1 Å². The number of aromatic hydroxyl groups is 2. The summed E-state index contributed by atoms with van der Waals surface area (Å²) < 4.78 is 11.7. The van der Waals surface area contributed by atoms with E-state index in [1.54, 1.807) is 42.2 Å². The van der Waals surface area contributed by atoms with Gasteiger partial charge in [0.05, 0.1) is 5.56 Å². The first-order valence-electron chi connectivity index (χ1n) is 15.1. The number of benzene rings is 2. The molecule has 2 aliphatic rings. The van der Waals surface area contributed by atoms with Crippen molar-refractivity contribution in [1.82, 2.24) is 25.0 Å². The molecule has 0 spiro atoms. The number of ether oxygens (including phenoxy) is 2. The van der Waals surface area contributed by atoms with Gasteiger partial charge in [-0.2, -0.15) is 0 Å². The highest BCUT2D eigenvalue weighted by molar-refractivity contribution is 6.12. The third-order valence-corrected chi connectivity index (χ3v) is 7.99. The number of hydrogen-bond acceptors (Lipinski definition) is 11. The van der Waals surface area contributed by atoms with Crippen LogP contribution in [0.3, 0.4) is 0 Å². The second-order valence-electron chi connectivity index (χ2n) is 11.5. The first-order chi connectivity index (χ1) is 22.0. The summed E-state index contributed by atoms with van der Waals surface area (Å²) in [5.74, 6) is -1.85. The molecule has 1 aliphatic carbocycles. The summed E-state index contributed by atoms with van der Waals surface area (Å²) in [6, 6.07) is 9.33. The molecule has 46 heavy (non-hydrogen) atoms. The minimum atomic E-state index is -1.40. The van der Waals surface area contributed by atoms with E-state index in [1.807, 2.05) is 13.8 Å². The third-order valence-electron chi connectivity index (χ3n) is 7.99. The van der Waals surface area contributed by atoms with E-state index in [0.717, 1.165) is 0 Å². The van der Waals surface area contributed by atoms with E-state index in [0.29, 0.717) is 49.3 Å². The first-order valence-corrected chi connectivity index (χ1v) is 15.1. The molecule has 242 valence electrons. The van der Waals surface area contributed by atoms with Crippen molar-refractivity contribution in [2.75, 3.05) is 19.6 Å². The zero-order valence-electron chi connectivity index (χ0n) is 25.7. The van der Waals surface area contributed by atoms with Gasteiger partial charge in [0.1, 0.15) is 17.6 Å². The van der Waals surface area contributed by atoms with Gasteiger partial charge in [0.15, 0.2) is 17.4 Å². The predicted molar refractivity (Wildman–Crippen MR) is 162 cm³/mol. The van der Waals surface area contributed by atoms with E-state index in [-0.39, 0.29) is 53.4 Å². The molecule has 0 unspecified atom stereocenters. The van der Waals surface area contributed by atoms with Crippen molar-refractivity contribution >= 4 is 29.5 Å². The third kappa shape index (κ3) is 6.55. The van der Waals surface area contributed by atoms with Crippen LogP contribution in [0.5, 0.6) is 11.5 Å². The van der Waals surface area contributed by atoms with Crippen molar-refractivity contribution in [2.45, 2.75) is 64.6 Å². The summed E-state index contributed by atoms with van der Waals surface area (Å²) in [7, 11) is 0. The molecule has 2 heterocycles. The summed E-state index contributed by atoms with van der Waals surface area (Å²) in [5, 5.41) is 32.1. The van der Waals surface area contributed by atoms with E-state index in [4.69, 9.17) is 9.47 Å². The lowest BCUT2D eigenvalue weighted by atomic mass is 9.98. The maximum atomic E-state index is 13.3. The molecule has 3 aromatic rings. The van der Waals surface area contributed by atoms with Gasteiger partial charge in [0.2, 0.25) is 11.9 Å². The molecule has 2 amide bonds. The van der Waals surface area contributed by atoms with Crippen molar-refractivity contribution in [1.29, 1.82) is 0 Å². The molecule has 0 bridgehead atoms. The Hall–Kier alpha value is -5.27. The van der Waals surface area contributed by atoms with Gasteiger partial charge in [0.25, 0.3) is 11.8 Å². The van der Waals surface area contributed by atoms with Gasteiger partial charge >= 0.3 is 6.16 Å². The molecule has 14 heteroatoms. The second-order valence-corrected chi connectivity index (χ2v) is 11.5. The maximum Gasteiger partial charge on any atom is 0.509 e. The van der Waals surface area contributed by atoms with Gasteiger partial charge in [-0.15, -0.1) is 10.2 Å². The molecule has 14 nitrogen and oxygen atoms in total. The lowest BCUT2D eigenvalue weighted by Crippen LogP contribution is -2.42. The molecule has 0 atom stereocenters. The van der Waals surface area contributed by atoms with Crippen molar-refractivity contribution in [3.8, 4) is 28.6 Å². The minimum Gasteiger partial charge on any atom is -0.508 e. The maximum absolute atomic E-state index is 13.3. The Kier molecular flexibility index (Phi) is 9.35. The number of carbonyl (C=O) groups is 5. The van der Waals surface area contributed by atoms with Crippen LogP contribution < -0.4 is 5.32 Å². The zero-order chi connectivity index (χ0) is 33.1. The van der Waals surface area contributed by atoms with Crippen molar-refractivity contribution in [3.05, 3.63) is 53.3 Å². The van der Waals surface area contributed by atoms with Crippen LogP contribution in [0.2, 0.25) is 0 Å². The number of rotatable bonds is 8. The summed E-state index contributed by atoms with van der Waals surface area (Å²) in [4.78, 5) is 63.4. The fourth-order valence-corrected chi connectivity index (χ4v) is 5.52. The van der Waals surface area contributed by atoms with Crippen LogP contribution in [0.1, 0.15) is 78.9 Å². The number of piperidine rings is 1. The molecule has 1 aromatic heterocycles. The molecule has 2 aromatic carbocycles. The molecular weight excluding hydrogens is 598 g/mol. The number of phenolic OH excluding ortho intramolecular Hbond substituents is 2. The quantitative estimate of drug-likeness (QED) is 0.244. The Labute approximate surface area is 264 Å². The summed E-state index contributed by atoms with van der Waals surface area (Å²) in [6.07, 6.45) is -2.20. The Morgan fingerprint density at radius 2 is 1.61 bits per heavy atom. The smallest absolute Gasteiger partial charge is 0.508 e. The first kappa shape index (κ1) is 32.1. The van der Waals surface area contributed by atoms with Gasteiger partial charge in [0, 0.05) is 62.6 Å². The number of amides is 2. The number of nitrogens with zero attached hydrogens (tertiary/aromatic N) is 4. The molecule has 5 rings (SSSR count). The van der Waals surface area contributed by atoms with E-state index in [2.05, 4.69) is 15.5 Å². The Bertz CT molecular complexity index is 1660. The van der Waals surface area contributed by atoms with Gasteiger partial charge in [-0.3, -0.25) is 23.7 Å². The lowest BCUT2D eigenvalue weighted by molar-refractivity contribution is -0.135. The average molecular weight is 634 g/mol. The van der Waals surface area contributed by atoms with Gasteiger partial charge in [-0.25, -0.2) is 4.79 Å². The largest absolute Gasteiger partial charge is 0.509 e. The van der Waals surface area contributed by atoms with Crippen LogP contribution in [0, 0.1) is 0 Å². The van der Waals surface area contributed by atoms with E-state index >= 15 is 0 Å². The van der Waals surface area contributed by atoms with Crippen LogP contribution >= 0.6 is 0 Å². The predicted octanol–water partition coefficient (Wildman–Crippen LogP) is 3.28. The molecule has 0 radical (unpaired) electrons. The number of aromatic nitrogens is 3. The normalized spacial score (nSPS) is 15.8. The monoisotopic (exact) mass is 633 g/mol. The van der Waals surface area contributed by atoms with Gasteiger partial charge in [-0.05, 0) is 48.7 Å². The van der Waals surface area contributed by atoms with Crippen LogP contribution in [0.4, 0.5) is 4.79 Å². The number of nitrogens with one attached hydrogen (secondary N) is 1. The van der Waals surface area contributed by atoms with E-state index < -0.39 is 35.8 Å². The minimum absolute atomic E-state index is 0.0308. The molecule has 1 aliphatic heterocycles. The van der Waals surface area contributed by atoms with Crippen molar-refractivity contribution < 1.29 is 43.7 Å². The van der Waals surface area contributed by atoms with Crippen molar-refractivity contribution in [2.24, 2.45) is 0 Å². The molecule has 3 N–H and O–H groups in total. The number of ketones is 2. The zero-order valence-corrected chi connectivity index (χ0v) is 25.7. The number of Topliss-reactive ketones (excluding diaryl/α,β-unsaturated/α-hetero) is 2. The fourth-order valence-electron chi connectivity index (χ4n) is 5.52. The average Bonchev–Trinajstić information content (AvgIpc) is 3.60. The molecule has 1 saturated heterocycles.